The summed E-state index contributed by atoms with van der Waals surface area (Å²) in [6, 6.07) is 7.78. The minimum Gasteiger partial charge on any atom is -0.352 e. The number of benzene rings is 1. The lowest BCUT2D eigenvalue weighted by Crippen LogP contribution is -2.28. The molecule has 2 saturated carbocycles. The van der Waals surface area contributed by atoms with E-state index in [-0.39, 0.29) is 17.7 Å². The molecule has 2 aliphatic rings. The molecule has 0 spiro atoms. The van der Waals surface area contributed by atoms with Crippen LogP contribution in [0.2, 0.25) is 0 Å². The molecule has 0 radical (unpaired) electrons. The van der Waals surface area contributed by atoms with Crippen LogP contribution in [-0.4, -0.2) is 11.8 Å². The Bertz CT molecular complexity index is 575. The first-order valence-corrected chi connectivity index (χ1v) is 9.37. The molecule has 1 aromatic carbocycles. The van der Waals surface area contributed by atoms with Crippen molar-refractivity contribution in [1.82, 2.24) is 5.32 Å². The molecule has 0 aromatic heterocycles. The van der Waals surface area contributed by atoms with Crippen molar-refractivity contribution in [3.63, 3.8) is 0 Å². The number of nitrogens with one attached hydrogen (secondary N) is 2. The highest BCUT2D eigenvalue weighted by Crippen LogP contribution is 2.28. The highest BCUT2D eigenvalue weighted by Gasteiger charge is 2.25. The van der Waals surface area contributed by atoms with E-state index in [0.29, 0.717) is 18.9 Å². The molecular formula is C20H28N2O2. The standard InChI is InChI=1S/C20H28N2O2/c23-19(13-15-6-2-1-3-7-15)21-14-16-8-4-11-18(12-16)22-20(24)17-9-5-10-17/h4,8,11-12,15,17H,1-3,5-7,9-10,13-14H2,(H,21,23)(H,22,24). The molecule has 3 rings (SSSR count). The van der Waals surface area contributed by atoms with E-state index in [1.807, 2.05) is 24.3 Å². The molecule has 4 nitrogen and oxygen atoms in total. The van der Waals surface area contributed by atoms with Gasteiger partial charge in [-0.25, -0.2) is 0 Å². The molecule has 2 N–H and O–H groups in total. The summed E-state index contributed by atoms with van der Waals surface area (Å²) in [4.78, 5) is 24.1. The highest BCUT2D eigenvalue weighted by atomic mass is 16.2. The van der Waals surface area contributed by atoms with Gasteiger partial charge in [-0.05, 0) is 49.3 Å². The maximum Gasteiger partial charge on any atom is 0.227 e. The third-order valence-electron chi connectivity index (χ3n) is 5.36. The molecule has 24 heavy (non-hydrogen) atoms. The normalized spacial score (nSPS) is 18.7. The Morgan fingerprint density at radius 3 is 2.50 bits per heavy atom. The smallest absolute Gasteiger partial charge is 0.227 e. The molecule has 0 atom stereocenters. The van der Waals surface area contributed by atoms with Crippen LogP contribution in [0.4, 0.5) is 5.69 Å². The Labute approximate surface area is 144 Å². The Morgan fingerprint density at radius 1 is 1.00 bits per heavy atom. The fourth-order valence-corrected chi connectivity index (χ4v) is 3.60. The molecule has 0 bridgehead atoms. The largest absolute Gasteiger partial charge is 0.352 e. The van der Waals surface area contributed by atoms with Gasteiger partial charge in [0, 0.05) is 24.6 Å². The first kappa shape index (κ1) is 17.0. The summed E-state index contributed by atoms with van der Waals surface area (Å²) < 4.78 is 0. The van der Waals surface area contributed by atoms with Crippen molar-refractivity contribution in [3.8, 4) is 0 Å². The van der Waals surface area contributed by atoms with E-state index < -0.39 is 0 Å². The lowest BCUT2D eigenvalue weighted by Gasteiger charge is -2.24. The molecule has 0 heterocycles. The highest BCUT2D eigenvalue weighted by molar-refractivity contribution is 5.93. The fraction of sp³-hybridized carbons (Fsp3) is 0.600. The fourth-order valence-electron chi connectivity index (χ4n) is 3.60. The van der Waals surface area contributed by atoms with E-state index in [4.69, 9.17) is 0 Å². The molecule has 2 aliphatic carbocycles. The van der Waals surface area contributed by atoms with Crippen LogP contribution in [0.25, 0.3) is 0 Å². The van der Waals surface area contributed by atoms with Gasteiger partial charge >= 0.3 is 0 Å². The molecule has 4 heteroatoms. The van der Waals surface area contributed by atoms with E-state index in [0.717, 1.165) is 30.5 Å². The number of amides is 2. The lowest BCUT2D eigenvalue weighted by atomic mass is 9.85. The number of carbonyl (C=O) groups excluding carboxylic acids is 2. The number of anilines is 1. The van der Waals surface area contributed by atoms with Crippen molar-refractivity contribution in [2.75, 3.05) is 5.32 Å². The zero-order valence-corrected chi connectivity index (χ0v) is 14.4. The summed E-state index contributed by atoms with van der Waals surface area (Å²) in [7, 11) is 0. The van der Waals surface area contributed by atoms with Crippen LogP contribution in [-0.2, 0) is 16.1 Å². The van der Waals surface area contributed by atoms with Crippen molar-refractivity contribution in [2.45, 2.75) is 64.3 Å². The Balaban J connectivity index is 1.45. The molecule has 130 valence electrons. The van der Waals surface area contributed by atoms with Crippen LogP contribution in [0.3, 0.4) is 0 Å². The van der Waals surface area contributed by atoms with Gasteiger partial charge in [0.2, 0.25) is 11.8 Å². The second-order valence-corrected chi connectivity index (χ2v) is 7.30. The summed E-state index contributed by atoms with van der Waals surface area (Å²) in [5.74, 6) is 1.02. The summed E-state index contributed by atoms with van der Waals surface area (Å²) in [6.07, 6.45) is 10.0. The van der Waals surface area contributed by atoms with Crippen molar-refractivity contribution in [1.29, 1.82) is 0 Å². The Hall–Kier alpha value is -1.84. The zero-order chi connectivity index (χ0) is 16.8. The van der Waals surface area contributed by atoms with Crippen molar-refractivity contribution < 1.29 is 9.59 Å². The van der Waals surface area contributed by atoms with E-state index in [1.54, 1.807) is 0 Å². The first-order chi connectivity index (χ1) is 11.7. The molecule has 2 amide bonds. The van der Waals surface area contributed by atoms with Crippen LogP contribution in [0.1, 0.15) is 63.4 Å². The molecule has 0 aliphatic heterocycles. The minimum atomic E-state index is 0.125. The summed E-state index contributed by atoms with van der Waals surface area (Å²) in [5.41, 5.74) is 1.85. The minimum absolute atomic E-state index is 0.125. The van der Waals surface area contributed by atoms with Crippen LogP contribution in [0.5, 0.6) is 0 Å². The Morgan fingerprint density at radius 2 is 1.79 bits per heavy atom. The molecule has 2 fully saturated rings. The van der Waals surface area contributed by atoms with E-state index in [2.05, 4.69) is 10.6 Å². The van der Waals surface area contributed by atoms with Gasteiger partial charge in [0.15, 0.2) is 0 Å². The van der Waals surface area contributed by atoms with Crippen LogP contribution in [0.15, 0.2) is 24.3 Å². The molecule has 0 saturated heterocycles. The number of hydrogen-bond donors (Lipinski definition) is 2. The van der Waals surface area contributed by atoms with Crippen LogP contribution in [0, 0.1) is 11.8 Å². The van der Waals surface area contributed by atoms with Gasteiger partial charge in [0.1, 0.15) is 0 Å². The maximum absolute atomic E-state index is 12.1. The first-order valence-electron chi connectivity index (χ1n) is 9.37. The van der Waals surface area contributed by atoms with Gasteiger partial charge < -0.3 is 10.6 Å². The summed E-state index contributed by atoms with van der Waals surface area (Å²) >= 11 is 0. The van der Waals surface area contributed by atoms with Crippen molar-refractivity contribution in [3.05, 3.63) is 29.8 Å². The number of carbonyl (C=O) groups is 2. The van der Waals surface area contributed by atoms with Crippen molar-refractivity contribution >= 4 is 17.5 Å². The third-order valence-corrected chi connectivity index (χ3v) is 5.36. The summed E-state index contributed by atoms with van der Waals surface area (Å²) in [6.45, 7) is 0.526. The molecular weight excluding hydrogens is 300 g/mol. The summed E-state index contributed by atoms with van der Waals surface area (Å²) in [5, 5.41) is 6.01. The number of rotatable bonds is 6. The SMILES string of the molecule is O=C(CC1CCCCC1)NCc1cccc(NC(=O)C2CCC2)c1. The second-order valence-electron chi connectivity index (χ2n) is 7.30. The van der Waals surface area contributed by atoms with Gasteiger partial charge in [-0.1, -0.05) is 37.8 Å². The van der Waals surface area contributed by atoms with Crippen molar-refractivity contribution in [2.24, 2.45) is 11.8 Å². The molecule has 0 unspecified atom stereocenters. The van der Waals surface area contributed by atoms with Gasteiger partial charge in [0.05, 0.1) is 0 Å². The van der Waals surface area contributed by atoms with E-state index >= 15 is 0 Å². The monoisotopic (exact) mass is 328 g/mol. The predicted molar refractivity (Wildman–Crippen MR) is 95.5 cm³/mol. The van der Waals surface area contributed by atoms with Gasteiger partial charge in [-0.15, -0.1) is 0 Å². The zero-order valence-electron chi connectivity index (χ0n) is 14.4. The average molecular weight is 328 g/mol. The Kier molecular flexibility index (Phi) is 5.89. The third kappa shape index (κ3) is 4.83. The lowest BCUT2D eigenvalue weighted by molar-refractivity contribution is -0.123. The predicted octanol–water partition coefficient (Wildman–Crippen LogP) is 4.01. The van der Waals surface area contributed by atoms with Gasteiger partial charge in [-0.3, -0.25) is 9.59 Å². The molecule has 1 aromatic rings. The van der Waals surface area contributed by atoms with Gasteiger partial charge in [-0.2, -0.15) is 0 Å². The maximum atomic E-state index is 12.1. The van der Waals surface area contributed by atoms with Crippen LogP contribution >= 0.6 is 0 Å². The number of hydrogen-bond acceptors (Lipinski definition) is 2. The average Bonchev–Trinajstić information content (AvgIpc) is 2.52. The van der Waals surface area contributed by atoms with E-state index in [9.17, 15) is 9.59 Å². The van der Waals surface area contributed by atoms with E-state index in [1.165, 1.54) is 32.1 Å². The van der Waals surface area contributed by atoms with Crippen LogP contribution < -0.4 is 10.6 Å². The topological polar surface area (TPSA) is 58.2 Å². The second kappa shape index (κ2) is 8.32. The quantitative estimate of drug-likeness (QED) is 0.829. The van der Waals surface area contributed by atoms with Gasteiger partial charge in [0.25, 0.3) is 0 Å².